The number of aliphatic imine (C=N–C) groups is 1. The van der Waals surface area contributed by atoms with Gasteiger partial charge in [0.05, 0.1) is 10.7 Å². The van der Waals surface area contributed by atoms with E-state index in [1.165, 1.54) is 12.1 Å². The Morgan fingerprint density at radius 2 is 2.19 bits per heavy atom. The molecule has 3 N–H and O–H groups in total. The van der Waals surface area contributed by atoms with Crippen molar-refractivity contribution in [3.63, 3.8) is 0 Å². The number of pyridine rings is 1. The van der Waals surface area contributed by atoms with E-state index in [0.717, 1.165) is 22.4 Å². The molecule has 0 unspecified atom stereocenters. The number of fused-ring (bicyclic) bond motifs is 1. The zero-order valence-corrected chi connectivity index (χ0v) is 15.4. The summed E-state index contributed by atoms with van der Waals surface area (Å²) in [6, 6.07) is 6.22. The SMILES string of the molecule is OCCCNCC1=Nc2nccc(/C(Cc3ccc(F)c(Cl)c3)=N/O)c2C1. The largest absolute Gasteiger partial charge is 0.411 e. The van der Waals surface area contributed by atoms with E-state index in [4.69, 9.17) is 16.7 Å². The van der Waals surface area contributed by atoms with Crippen LogP contribution in [-0.2, 0) is 12.8 Å². The normalized spacial score (nSPS) is 13.6. The molecule has 0 spiro atoms. The topological polar surface area (TPSA) is 90.1 Å². The van der Waals surface area contributed by atoms with Crippen molar-refractivity contribution in [2.75, 3.05) is 19.7 Å². The van der Waals surface area contributed by atoms with Crippen molar-refractivity contribution in [3.05, 3.63) is 58.0 Å². The first-order valence-electron chi connectivity index (χ1n) is 8.63. The van der Waals surface area contributed by atoms with Gasteiger partial charge in [-0.25, -0.2) is 14.4 Å². The van der Waals surface area contributed by atoms with Crippen LogP contribution in [0.4, 0.5) is 10.2 Å². The average molecular weight is 391 g/mol. The van der Waals surface area contributed by atoms with Gasteiger partial charge in [-0.3, -0.25) is 0 Å². The van der Waals surface area contributed by atoms with Crippen molar-refractivity contribution >= 4 is 28.8 Å². The highest BCUT2D eigenvalue weighted by atomic mass is 35.5. The number of hydrogen-bond acceptors (Lipinski definition) is 6. The summed E-state index contributed by atoms with van der Waals surface area (Å²) in [4.78, 5) is 8.83. The molecule has 1 aromatic heterocycles. The molecule has 0 amide bonds. The Labute approximate surface area is 161 Å². The van der Waals surface area contributed by atoms with E-state index in [9.17, 15) is 9.60 Å². The number of nitrogens with one attached hydrogen (secondary N) is 1. The fourth-order valence-electron chi connectivity index (χ4n) is 2.98. The maximum Gasteiger partial charge on any atom is 0.156 e. The Balaban J connectivity index is 1.75. The van der Waals surface area contributed by atoms with Crippen LogP contribution >= 0.6 is 11.6 Å². The Kier molecular flexibility index (Phi) is 6.49. The minimum Gasteiger partial charge on any atom is -0.411 e. The molecule has 142 valence electrons. The first kappa shape index (κ1) is 19.4. The lowest BCUT2D eigenvalue weighted by Crippen LogP contribution is -2.24. The third-order valence-corrected chi connectivity index (χ3v) is 4.60. The van der Waals surface area contributed by atoms with Gasteiger partial charge < -0.3 is 15.6 Å². The van der Waals surface area contributed by atoms with E-state index in [2.05, 4.69) is 20.4 Å². The number of oxime groups is 1. The fourth-order valence-corrected chi connectivity index (χ4v) is 3.19. The molecule has 2 aromatic rings. The minimum atomic E-state index is -0.487. The number of rotatable bonds is 8. The van der Waals surface area contributed by atoms with Gasteiger partial charge in [0.2, 0.25) is 0 Å². The Hall–Kier alpha value is -2.35. The van der Waals surface area contributed by atoms with Crippen LogP contribution in [0.2, 0.25) is 5.02 Å². The zero-order valence-electron chi connectivity index (χ0n) is 14.6. The molecular weight excluding hydrogens is 371 g/mol. The van der Waals surface area contributed by atoms with Crippen molar-refractivity contribution in [3.8, 4) is 0 Å². The summed E-state index contributed by atoms with van der Waals surface area (Å²) in [7, 11) is 0. The highest BCUT2D eigenvalue weighted by Crippen LogP contribution is 2.28. The second kappa shape index (κ2) is 9.03. The highest BCUT2D eigenvalue weighted by molar-refractivity contribution is 6.30. The van der Waals surface area contributed by atoms with E-state index in [0.29, 0.717) is 43.9 Å². The molecule has 0 fully saturated rings. The molecule has 6 nitrogen and oxygen atoms in total. The number of aromatic nitrogens is 1. The number of aliphatic hydroxyl groups excluding tert-OH is 1. The van der Waals surface area contributed by atoms with Crippen molar-refractivity contribution < 1.29 is 14.7 Å². The molecule has 27 heavy (non-hydrogen) atoms. The van der Waals surface area contributed by atoms with Crippen LogP contribution in [-0.4, -0.2) is 46.4 Å². The predicted octanol–water partition coefficient (Wildman–Crippen LogP) is 2.90. The average Bonchev–Trinajstić information content (AvgIpc) is 3.09. The lowest BCUT2D eigenvalue weighted by Gasteiger charge is -2.10. The highest BCUT2D eigenvalue weighted by Gasteiger charge is 2.22. The van der Waals surface area contributed by atoms with Crippen LogP contribution in [0.1, 0.15) is 23.1 Å². The second-order valence-corrected chi connectivity index (χ2v) is 6.65. The van der Waals surface area contributed by atoms with Gasteiger partial charge >= 0.3 is 0 Å². The third-order valence-electron chi connectivity index (χ3n) is 4.31. The van der Waals surface area contributed by atoms with Crippen LogP contribution in [0.5, 0.6) is 0 Å². The molecule has 2 heterocycles. The smallest absolute Gasteiger partial charge is 0.156 e. The summed E-state index contributed by atoms with van der Waals surface area (Å²) in [5, 5.41) is 25.1. The summed E-state index contributed by atoms with van der Waals surface area (Å²) >= 11 is 5.84. The molecule has 1 aliphatic heterocycles. The van der Waals surface area contributed by atoms with E-state index in [1.807, 2.05) is 0 Å². The maximum atomic E-state index is 13.4. The molecule has 0 saturated carbocycles. The summed E-state index contributed by atoms with van der Waals surface area (Å²) in [6.45, 7) is 1.46. The molecule has 0 bridgehead atoms. The van der Waals surface area contributed by atoms with Gasteiger partial charge in [0.1, 0.15) is 5.82 Å². The molecule has 8 heteroatoms. The monoisotopic (exact) mass is 390 g/mol. The first-order valence-corrected chi connectivity index (χ1v) is 9.01. The third kappa shape index (κ3) is 4.68. The quantitative estimate of drug-likeness (QED) is 0.280. The molecular formula is C19H20ClFN4O2. The number of nitrogens with zero attached hydrogens (tertiary/aromatic N) is 3. The fraction of sp³-hybridized carbons (Fsp3) is 0.316. The molecule has 0 saturated heterocycles. The van der Waals surface area contributed by atoms with E-state index in [1.54, 1.807) is 18.3 Å². The summed E-state index contributed by atoms with van der Waals surface area (Å²) in [6.07, 6.45) is 3.22. The van der Waals surface area contributed by atoms with Crippen LogP contribution in [0.25, 0.3) is 0 Å². The molecule has 0 aliphatic carbocycles. The number of aliphatic hydroxyl groups is 1. The summed E-state index contributed by atoms with van der Waals surface area (Å²) in [5.74, 6) is 0.129. The lowest BCUT2D eigenvalue weighted by atomic mass is 9.97. The minimum absolute atomic E-state index is 0.0318. The van der Waals surface area contributed by atoms with Crippen molar-refractivity contribution in [2.24, 2.45) is 10.1 Å². The van der Waals surface area contributed by atoms with E-state index < -0.39 is 5.82 Å². The number of benzene rings is 1. The van der Waals surface area contributed by atoms with Gasteiger partial charge in [-0.05, 0) is 36.7 Å². The standard InChI is InChI=1S/C19H20ClFN4O2/c20-16-8-12(2-3-17(16)21)9-18(25-27)14-4-6-23-19-15(14)10-13(24-19)11-22-5-1-7-26/h2-4,6,8,22,26-27H,1,5,7,9-11H2/b25-18+. The van der Waals surface area contributed by atoms with Crippen LogP contribution in [0.15, 0.2) is 40.6 Å². The predicted molar refractivity (Wildman–Crippen MR) is 103 cm³/mol. The zero-order chi connectivity index (χ0) is 19.2. The second-order valence-electron chi connectivity index (χ2n) is 6.24. The molecule has 0 radical (unpaired) electrons. The molecule has 1 aromatic carbocycles. The van der Waals surface area contributed by atoms with Crippen molar-refractivity contribution in [1.82, 2.24) is 10.3 Å². The van der Waals surface area contributed by atoms with Gasteiger partial charge in [0, 0.05) is 49.0 Å². The van der Waals surface area contributed by atoms with Gasteiger partial charge in [-0.1, -0.05) is 22.8 Å². The molecule has 0 atom stereocenters. The Morgan fingerprint density at radius 3 is 2.93 bits per heavy atom. The Bertz CT molecular complexity index is 886. The van der Waals surface area contributed by atoms with Crippen molar-refractivity contribution in [1.29, 1.82) is 0 Å². The van der Waals surface area contributed by atoms with Gasteiger partial charge in [-0.15, -0.1) is 0 Å². The van der Waals surface area contributed by atoms with Gasteiger partial charge in [0.25, 0.3) is 0 Å². The number of hydrogen-bond donors (Lipinski definition) is 3. The van der Waals surface area contributed by atoms with E-state index in [-0.39, 0.29) is 11.6 Å². The first-order chi connectivity index (χ1) is 13.1. The van der Waals surface area contributed by atoms with Gasteiger partial charge in [0.15, 0.2) is 5.82 Å². The molecule has 3 rings (SSSR count). The lowest BCUT2D eigenvalue weighted by molar-refractivity contribution is 0.287. The van der Waals surface area contributed by atoms with Gasteiger partial charge in [-0.2, -0.15) is 0 Å². The van der Waals surface area contributed by atoms with Crippen LogP contribution in [0, 0.1) is 5.82 Å². The summed E-state index contributed by atoms with van der Waals surface area (Å²) < 4.78 is 13.4. The summed E-state index contributed by atoms with van der Waals surface area (Å²) in [5.41, 5.74) is 3.78. The van der Waals surface area contributed by atoms with Crippen LogP contribution < -0.4 is 5.32 Å². The number of halogens is 2. The van der Waals surface area contributed by atoms with Crippen LogP contribution in [0.3, 0.4) is 0 Å². The van der Waals surface area contributed by atoms with Crippen molar-refractivity contribution in [2.45, 2.75) is 19.3 Å². The van der Waals surface area contributed by atoms with E-state index >= 15 is 0 Å². The maximum absolute atomic E-state index is 13.4. The Morgan fingerprint density at radius 1 is 1.33 bits per heavy atom. The molecule has 1 aliphatic rings.